The van der Waals surface area contributed by atoms with Gasteiger partial charge in [-0.25, -0.2) is 0 Å². The third-order valence-corrected chi connectivity index (χ3v) is 32.0. The van der Waals surface area contributed by atoms with E-state index in [0.717, 1.165) is 39.8 Å². The normalized spacial score (nSPS) is 12.8. The van der Waals surface area contributed by atoms with Crippen molar-refractivity contribution in [2.24, 2.45) is 0 Å². The Kier molecular flexibility index (Phi) is 15.8. The highest BCUT2D eigenvalue weighted by molar-refractivity contribution is 7.20. The third kappa shape index (κ3) is 10.5. The van der Waals surface area contributed by atoms with E-state index < -0.39 is 16.1 Å². The van der Waals surface area contributed by atoms with Crippen LogP contribution in [0.5, 0.6) is 0 Å². The Balaban J connectivity index is 0.957. The topological polar surface area (TPSA) is 11.4 Å². The van der Waals surface area contributed by atoms with Gasteiger partial charge in [-0.05, 0) is 175 Å². The quantitative estimate of drug-likeness (QED) is 0.0842. The van der Waals surface area contributed by atoms with E-state index in [1.54, 1.807) is 0 Å². The number of benzene rings is 15. The van der Waals surface area contributed by atoms with Gasteiger partial charge in [-0.2, -0.15) is 0 Å². The number of hydrogen-bond acceptors (Lipinski definition) is 2. The van der Waals surface area contributed by atoms with Crippen molar-refractivity contribution in [1.82, 2.24) is 4.57 Å². The van der Waals surface area contributed by atoms with Crippen LogP contribution in [0.15, 0.2) is 376 Å². The molecule has 0 saturated carbocycles. The minimum atomic E-state index is -2.94. The predicted octanol–water partition coefficient (Wildman–Crippen LogP) is 17.6. The number of fused-ring (bicyclic) bond motifs is 7. The highest BCUT2D eigenvalue weighted by Gasteiger charge is 2.48. The molecule has 2 aliphatic rings. The summed E-state index contributed by atoms with van der Waals surface area (Å²) in [6, 6.07) is 144. The fourth-order valence-electron chi connectivity index (χ4n) is 17.5. The molecule has 1 aromatic heterocycles. The highest BCUT2D eigenvalue weighted by atomic mass is 28.3. The highest BCUT2D eigenvalue weighted by Crippen LogP contribution is 2.48. The van der Waals surface area contributed by atoms with E-state index in [2.05, 4.69) is 432 Å². The average molecular weight is 1370 g/mol. The zero-order valence-electron chi connectivity index (χ0n) is 59.7. The molecule has 3 nitrogen and oxygen atoms in total. The molecule has 15 aromatic carbocycles. The maximum atomic E-state index is 2.64. The van der Waals surface area contributed by atoms with Gasteiger partial charge in [0, 0.05) is 44.9 Å². The maximum absolute atomic E-state index is 2.94. The van der Waals surface area contributed by atoms with E-state index in [1.165, 1.54) is 113 Å². The second kappa shape index (κ2) is 25.6. The maximum Gasteiger partial charge on any atom is 0.252 e. The lowest BCUT2D eigenvalue weighted by Crippen LogP contribution is -2.74. The lowest BCUT2D eigenvalue weighted by molar-refractivity contribution is 0.590. The van der Waals surface area contributed by atoms with Crippen molar-refractivity contribution in [2.45, 2.75) is 52.4 Å². The summed E-state index contributed by atoms with van der Waals surface area (Å²) in [5.41, 5.74) is 21.2. The molecular formula is C98H80BN3Si2. The number of hydrogen-bond donors (Lipinski definition) is 0. The van der Waals surface area contributed by atoms with Crippen LogP contribution in [-0.4, -0.2) is 27.4 Å². The zero-order chi connectivity index (χ0) is 70.3. The molecular weight excluding hydrogens is 1290 g/mol. The molecule has 0 unspecified atom stereocenters. The van der Waals surface area contributed by atoms with Crippen molar-refractivity contribution in [3.8, 4) is 27.9 Å². The van der Waals surface area contributed by atoms with Gasteiger partial charge in [-0.3, -0.25) is 0 Å². The Hall–Kier alpha value is -11.8. The Morgan fingerprint density at radius 1 is 0.250 bits per heavy atom. The molecule has 104 heavy (non-hydrogen) atoms. The van der Waals surface area contributed by atoms with Gasteiger partial charge in [0.15, 0.2) is 16.1 Å². The lowest BCUT2D eigenvalue weighted by Gasteiger charge is -2.45. The summed E-state index contributed by atoms with van der Waals surface area (Å²) >= 11 is 0. The molecule has 0 atom stereocenters. The van der Waals surface area contributed by atoms with Gasteiger partial charge in [0.1, 0.15) is 0 Å². The van der Waals surface area contributed by atoms with Gasteiger partial charge >= 0.3 is 0 Å². The number of aromatic nitrogens is 1. The van der Waals surface area contributed by atoms with Crippen LogP contribution in [0.2, 0.25) is 0 Å². The molecule has 0 amide bonds. The van der Waals surface area contributed by atoms with E-state index in [4.69, 9.17) is 0 Å². The van der Waals surface area contributed by atoms with E-state index in [-0.39, 0.29) is 17.5 Å². The van der Waals surface area contributed by atoms with Gasteiger partial charge < -0.3 is 14.4 Å². The molecule has 0 aliphatic carbocycles. The molecule has 0 radical (unpaired) electrons. The summed E-state index contributed by atoms with van der Waals surface area (Å²) in [4.78, 5) is 5.26. The van der Waals surface area contributed by atoms with Crippen molar-refractivity contribution in [3.63, 3.8) is 0 Å². The van der Waals surface area contributed by atoms with Crippen LogP contribution < -0.4 is 67.7 Å². The molecule has 0 bridgehead atoms. The van der Waals surface area contributed by atoms with Crippen molar-refractivity contribution in [3.05, 3.63) is 387 Å². The van der Waals surface area contributed by atoms with E-state index >= 15 is 0 Å². The second-order valence-corrected chi connectivity index (χ2v) is 38.0. The Bertz CT molecular complexity index is 5560. The van der Waals surface area contributed by atoms with Crippen LogP contribution in [0.3, 0.4) is 0 Å². The molecule has 3 heterocycles. The van der Waals surface area contributed by atoms with E-state index in [0.29, 0.717) is 0 Å². The summed E-state index contributed by atoms with van der Waals surface area (Å²) in [6.45, 7) is 13.8. The Morgan fingerprint density at radius 3 is 0.990 bits per heavy atom. The summed E-state index contributed by atoms with van der Waals surface area (Å²) < 4.78 is 2.58. The summed E-state index contributed by atoms with van der Waals surface area (Å²) in [6.07, 6.45) is 0. The zero-order valence-corrected chi connectivity index (χ0v) is 61.7. The lowest BCUT2D eigenvalue weighted by atomic mass is 9.32. The monoisotopic (exact) mass is 1370 g/mol. The fraction of sp³-hybridized carbons (Fsp3) is 0.0816. The van der Waals surface area contributed by atoms with Crippen LogP contribution in [0.4, 0.5) is 34.1 Å². The molecule has 0 saturated heterocycles. The Morgan fingerprint density at radius 2 is 0.606 bits per heavy atom. The van der Waals surface area contributed by atoms with Crippen LogP contribution in [-0.2, 0) is 10.8 Å². The Labute approximate surface area is 614 Å². The third-order valence-electron chi connectivity index (χ3n) is 22.4. The molecule has 16 aromatic rings. The van der Waals surface area contributed by atoms with Crippen LogP contribution >= 0.6 is 0 Å². The summed E-state index contributed by atoms with van der Waals surface area (Å²) in [5, 5.41) is 13.2. The molecule has 0 spiro atoms. The van der Waals surface area contributed by atoms with Crippen LogP contribution in [0.1, 0.15) is 52.7 Å². The van der Waals surface area contributed by atoms with Gasteiger partial charge in [0.05, 0.1) is 16.7 Å². The minimum absolute atomic E-state index is 0.0714. The number of anilines is 6. The largest absolute Gasteiger partial charge is 0.311 e. The molecule has 6 heteroatoms. The molecule has 498 valence electrons. The van der Waals surface area contributed by atoms with Crippen LogP contribution in [0, 0.1) is 0 Å². The van der Waals surface area contributed by atoms with E-state index in [9.17, 15) is 0 Å². The van der Waals surface area contributed by atoms with Gasteiger partial charge in [0.25, 0.3) is 6.71 Å². The first kappa shape index (κ1) is 64.3. The van der Waals surface area contributed by atoms with Gasteiger partial charge in [-0.15, -0.1) is 0 Å². The van der Waals surface area contributed by atoms with Crippen molar-refractivity contribution < 1.29 is 0 Å². The van der Waals surface area contributed by atoms with Crippen molar-refractivity contribution in [1.29, 1.82) is 0 Å². The number of rotatable bonds is 13. The molecule has 0 N–H and O–H groups in total. The first-order valence-corrected chi connectivity index (χ1v) is 40.7. The standard InChI is InChI=1S/C98H80BN3Si2/c1-97(2,3)72-51-62-89-86(65-72)87-66-73(98(4,5)6)52-63-90(87)102(89)76-67-93-96-94(68-76)101(75-55-59-84(60-56-75)104(80-42-25-12-26-43-80,81-44-27-13-28-45-81)82-46-29-14-30-47-82)92-49-31-48-85(70-34-17-8-18-35-70)95(92)99(96)88-64-71(69-32-15-7-16-33-69)50-61-91(88)100(93)74-53-57-83(58-54-74)103(77-36-19-9-20-37-77,78-38-21-10-22-39-78)79-40-23-11-24-41-79/h7-68H,1-6H3. The first-order valence-electron chi connectivity index (χ1n) is 36.7. The van der Waals surface area contributed by atoms with E-state index in [1.807, 2.05) is 0 Å². The SMILES string of the molecule is CC(C)(C)c1ccc2c(c1)c1cc(C(C)(C)C)ccc1n2-c1cc2c3c(c1)N(c1ccc([Si](c4ccccc4)(c4ccccc4)c4ccccc4)cc1)c1cccc(-c4ccccc4)c1B3c1cc(-c3ccccc3)ccc1N2c1ccc([Si](c2ccccc2)(c2ccccc2)c2ccccc2)cc1. The van der Waals surface area contributed by atoms with Crippen molar-refractivity contribution in [2.75, 3.05) is 9.80 Å². The molecule has 18 rings (SSSR count). The summed E-state index contributed by atoms with van der Waals surface area (Å²) in [7, 11) is -5.87. The van der Waals surface area contributed by atoms with Gasteiger partial charge in [-0.1, -0.05) is 345 Å². The molecule has 2 aliphatic heterocycles. The number of nitrogens with zero attached hydrogens (tertiary/aromatic N) is 3. The first-order chi connectivity index (χ1) is 50.9. The van der Waals surface area contributed by atoms with Gasteiger partial charge in [0.2, 0.25) is 0 Å². The smallest absolute Gasteiger partial charge is 0.252 e. The molecule has 0 fully saturated rings. The fourth-order valence-corrected chi connectivity index (χ4v) is 27.0. The summed E-state index contributed by atoms with van der Waals surface area (Å²) in [5.74, 6) is 0. The van der Waals surface area contributed by atoms with Crippen molar-refractivity contribution >= 4 is 137 Å². The minimum Gasteiger partial charge on any atom is -0.311 e. The van der Waals surface area contributed by atoms with Crippen LogP contribution in [0.25, 0.3) is 49.7 Å². The predicted molar refractivity (Wildman–Crippen MR) is 450 cm³/mol. The average Bonchev–Trinajstić information content (AvgIpc) is 0.813. The second-order valence-electron chi connectivity index (χ2n) is 30.3.